The van der Waals surface area contributed by atoms with Gasteiger partial charge < -0.3 is 10.5 Å². The van der Waals surface area contributed by atoms with Gasteiger partial charge in [-0.1, -0.05) is 12.8 Å². The zero-order valence-corrected chi connectivity index (χ0v) is 7.87. The molecule has 1 saturated heterocycles. The van der Waals surface area contributed by atoms with E-state index in [0.29, 0.717) is 12.0 Å². The highest BCUT2D eigenvalue weighted by molar-refractivity contribution is 5.77. The number of carbonyl (C=O) groups is 1. The zero-order valence-electron chi connectivity index (χ0n) is 7.87. The summed E-state index contributed by atoms with van der Waals surface area (Å²) in [5.41, 5.74) is 5.38. The van der Waals surface area contributed by atoms with E-state index in [4.69, 9.17) is 10.5 Å². The quantitative estimate of drug-likeness (QED) is 0.661. The lowest BCUT2D eigenvalue weighted by Gasteiger charge is -2.39. The molecular weight excluding hydrogens is 166 g/mol. The fourth-order valence-corrected chi connectivity index (χ4v) is 2.71. The number of amides is 1. The van der Waals surface area contributed by atoms with Crippen molar-refractivity contribution in [3.05, 3.63) is 0 Å². The van der Waals surface area contributed by atoms with E-state index < -0.39 is 0 Å². The van der Waals surface area contributed by atoms with Gasteiger partial charge in [-0.25, -0.2) is 0 Å². The van der Waals surface area contributed by atoms with Gasteiger partial charge in [0.15, 0.2) is 0 Å². The Hall–Kier alpha value is -0.570. The first kappa shape index (κ1) is 9.00. The van der Waals surface area contributed by atoms with Gasteiger partial charge in [-0.15, -0.1) is 0 Å². The van der Waals surface area contributed by atoms with Crippen molar-refractivity contribution < 1.29 is 9.53 Å². The van der Waals surface area contributed by atoms with Gasteiger partial charge >= 0.3 is 0 Å². The Morgan fingerprint density at radius 3 is 2.77 bits per heavy atom. The van der Waals surface area contributed by atoms with Gasteiger partial charge in [0.1, 0.15) is 0 Å². The minimum atomic E-state index is -0.125. The van der Waals surface area contributed by atoms with Crippen LogP contribution in [-0.2, 0) is 9.53 Å². The Kier molecular flexibility index (Phi) is 2.54. The molecule has 3 heteroatoms. The largest absolute Gasteiger partial charge is 0.378 e. The molecule has 1 amide bonds. The standard InChI is InChI=1S/C10H17NO2/c11-10(12)8-5-6-13-9-4-2-1-3-7(8)9/h7-9H,1-6H2,(H2,11,12). The molecule has 0 aromatic heterocycles. The van der Waals surface area contributed by atoms with Crippen molar-refractivity contribution in [3.8, 4) is 0 Å². The molecule has 2 N–H and O–H groups in total. The number of nitrogens with two attached hydrogens (primary N) is 1. The Bertz CT molecular complexity index is 203. The number of carbonyl (C=O) groups excluding carboxylic acids is 1. The number of rotatable bonds is 1. The lowest BCUT2D eigenvalue weighted by atomic mass is 9.75. The molecule has 1 aliphatic heterocycles. The van der Waals surface area contributed by atoms with E-state index >= 15 is 0 Å². The van der Waals surface area contributed by atoms with Gasteiger partial charge in [-0.2, -0.15) is 0 Å². The molecule has 74 valence electrons. The molecule has 1 heterocycles. The fourth-order valence-electron chi connectivity index (χ4n) is 2.71. The van der Waals surface area contributed by atoms with Gasteiger partial charge in [0.05, 0.1) is 6.10 Å². The van der Waals surface area contributed by atoms with Crippen LogP contribution in [-0.4, -0.2) is 18.6 Å². The molecule has 2 aliphatic rings. The third-order valence-electron chi connectivity index (χ3n) is 3.40. The summed E-state index contributed by atoms with van der Waals surface area (Å²) in [5.74, 6) is 0.374. The van der Waals surface area contributed by atoms with Crippen LogP contribution in [0.25, 0.3) is 0 Å². The molecule has 3 atom stereocenters. The third kappa shape index (κ3) is 1.70. The second kappa shape index (κ2) is 3.66. The SMILES string of the molecule is NC(=O)C1CCOC2CCCCC21. The van der Waals surface area contributed by atoms with Crippen molar-refractivity contribution in [2.45, 2.75) is 38.2 Å². The molecule has 0 aromatic carbocycles. The van der Waals surface area contributed by atoms with E-state index in [0.717, 1.165) is 25.9 Å². The predicted octanol–water partition coefficient (Wildman–Crippen LogP) is 1.07. The monoisotopic (exact) mass is 183 g/mol. The highest BCUT2D eigenvalue weighted by atomic mass is 16.5. The predicted molar refractivity (Wildman–Crippen MR) is 49.0 cm³/mol. The summed E-state index contributed by atoms with van der Waals surface area (Å²) >= 11 is 0. The molecule has 1 saturated carbocycles. The second-order valence-corrected chi connectivity index (χ2v) is 4.16. The van der Waals surface area contributed by atoms with Crippen LogP contribution in [0, 0.1) is 11.8 Å². The lowest BCUT2D eigenvalue weighted by molar-refractivity contribution is -0.135. The van der Waals surface area contributed by atoms with Crippen LogP contribution in [0.5, 0.6) is 0 Å². The molecule has 13 heavy (non-hydrogen) atoms. The number of fused-ring (bicyclic) bond motifs is 1. The summed E-state index contributed by atoms with van der Waals surface area (Å²) in [6.07, 6.45) is 5.87. The lowest BCUT2D eigenvalue weighted by Crippen LogP contribution is -2.44. The number of hydrogen-bond donors (Lipinski definition) is 1. The maximum absolute atomic E-state index is 11.2. The first-order valence-electron chi connectivity index (χ1n) is 5.20. The minimum absolute atomic E-state index is 0.0825. The highest BCUT2D eigenvalue weighted by Crippen LogP contribution is 2.37. The average molecular weight is 183 g/mol. The Balaban J connectivity index is 2.06. The van der Waals surface area contributed by atoms with Crippen molar-refractivity contribution in [1.29, 1.82) is 0 Å². The normalized spacial score (nSPS) is 39.5. The first-order valence-corrected chi connectivity index (χ1v) is 5.20. The van der Waals surface area contributed by atoms with E-state index in [1.165, 1.54) is 12.8 Å². The summed E-state index contributed by atoms with van der Waals surface area (Å²) in [4.78, 5) is 11.2. The molecule has 0 aromatic rings. The number of primary amides is 1. The van der Waals surface area contributed by atoms with Gasteiger partial charge in [0, 0.05) is 12.5 Å². The van der Waals surface area contributed by atoms with Crippen molar-refractivity contribution >= 4 is 5.91 Å². The Morgan fingerprint density at radius 1 is 1.23 bits per heavy atom. The Morgan fingerprint density at radius 2 is 2.00 bits per heavy atom. The molecule has 0 spiro atoms. The molecule has 2 rings (SSSR count). The van der Waals surface area contributed by atoms with Gasteiger partial charge in [-0.05, 0) is 25.2 Å². The van der Waals surface area contributed by atoms with Crippen molar-refractivity contribution in [1.82, 2.24) is 0 Å². The molecular formula is C10H17NO2. The van der Waals surface area contributed by atoms with Gasteiger partial charge in [0.25, 0.3) is 0 Å². The Labute approximate surface area is 78.6 Å². The number of ether oxygens (including phenoxy) is 1. The van der Waals surface area contributed by atoms with E-state index in [-0.39, 0.29) is 11.8 Å². The molecule has 3 nitrogen and oxygen atoms in total. The third-order valence-corrected chi connectivity index (χ3v) is 3.40. The summed E-state index contributed by atoms with van der Waals surface area (Å²) in [6, 6.07) is 0. The van der Waals surface area contributed by atoms with Crippen molar-refractivity contribution in [2.75, 3.05) is 6.61 Å². The van der Waals surface area contributed by atoms with E-state index in [9.17, 15) is 4.79 Å². The van der Waals surface area contributed by atoms with Crippen LogP contribution >= 0.6 is 0 Å². The van der Waals surface area contributed by atoms with E-state index in [1.807, 2.05) is 0 Å². The summed E-state index contributed by atoms with van der Waals surface area (Å²) in [5, 5.41) is 0. The zero-order chi connectivity index (χ0) is 9.26. The summed E-state index contributed by atoms with van der Waals surface area (Å²) in [7, 11) is 0. The van der Waals surface area contributed by atoms with Crippen LogP contribution in [0.4, 0.5) is 0 Å². The average Bonchev–Trinajstić information content (AvgIpc) is 2.17. The maximum atomic E-state index is 11.2. The second-order valence-electron chi connectivity index (χ2n) is 4.16. The maximum Gasteiger partial charge on any atom is 0.220 e. The van der Waals surface area contributed by atoms with Crippen molar-refractivity contribution in [2.24, 2.45) is 17.6 Å². The first-order chi connectivity index (χ1) is 6.29. The van der Waals surface area contributed by atoms with Crippen LogP contribution < -0.4 is 5.73 Å². The number of hydrogen-bond acceptors (Lipinski definition) is 2. The summed E-state index contributed by atoms with van der Waals surface area (Å²) < 4.78 is 5.65. The van der Waals surface area contributed by atoms with Gasteiger partial charge in [-0.3, -0.25) is 4.79 Å². The van der Waals surface area contributed by atoms with Crippen LogP contribution in [0.15, 0.2) is 0 Å². The summed E-state index contributed by atoms with van der Waals surface area (Å²) in [6.45, 7) is 0.717. The minimum Gasteiger partial charge on any atom is -0.378 e. The van der Waals surface area contributed by atoms with Crippen LogP contribution in [0.3, 0.4) is 0 Å². The fraction of sp³-hybridized carbons (Fsp3) is 0.900. The molecule has 0 bridgehead atoms. The van der Waals surface area contributed by atoms with E-state index in [1.54, 1.807) is 0 Å². The van der Waals surface area contributed by atoms with Crippen LogP contribution in [0.2, 0.25) is 0 Å². The highest BCUT2D eigenvalue weighted by Gasteiger charge is 2.38. The molecule has 1 aliphatic carbocycles. The van der Waals surface area contributed by atoms with Gasteiger partial charge in [0.2, 0.25) is 5.91 Å². The van der Waals surface area contributed by atoms with Crippen LogP contribution in [0.1, 0.15) is 32.1 Å². The van der Waals surface area contributed by atoms with Crippen molar-refractivity contribution in [3.63, 3.8) is 0 Å². The molecule has 2 fully saturated rings. The molecule has 0 radical (unpaired) electrons. The van der Waals surface area contributed by atoms with E-state index in [2.05, 4.69) is 0 Å². The topological polar surface area (TPSA) is 52.3 Å². The smallest absolute Gasteiger partial charge is 0.220 e. The molecule has 3 unspecified atom stereocenters.